The lowest BCUT2D eigenvalue weighted by molar-refractivity contribution is 0.0191. The van der Waals surface area contributed by atoms with E-state index < -0.39 is 0 Å². The van der Waals surface area contributed by atoms with Gasteiger partial charge in [0.1, 0.15) is 0 Å². The fourth-order valence-electron chi connectivity index (χ4n) is 3.49. The fraction of sp³-hybridized carbons (Fsp3) is 1.00. The van der Waals surface area contributed by atoms with E-state index in [1.54, 1.807) is 0 Å². The lowest BCUT2D eigenvalue weighted by atomic mass is 9.69. The van der Waals surface area contributed by atoms with Crippen molar-refractivity contribution in [2.45, 2.75) is 58.4 Å². The van der Waals surface area contributed by atoms with Crippen LogP contribution in [0.5, 0.6) is 0 Å². The molecule has 1 saturated carbocycles. The summed E-state index contributed by atoms with van der Waals surface area (Å²) in [5.41, 5.74) is 3.63. The van der Waals surface area contributed by atoms with Crippen molar-refractivity contribution in [3.05, 3.63) is 0 Å². The van der Waals surface area contributed by atoms with Gasteiger partial charge in [0.05, 0.1) is 6.61 Å². The Morgan fingerprint density at radius 1 is 1.18 bits per heavy atom. The largest absolute Gasteiger partial charge is 0.381 e. The van der Waals surface area contributed by atoms with Gasteiger partial charge in [-0.3, -0.25) is 11.3 Å². The standard InChI is InChI=1S/C14H28N2O/c1-14(2)7-5-11(6-8-14)13(16-15)12-4-3-9-17-10-12/h11-13,16H,3-10,15H2,1-2H3. The average molecular weight is 240 g/mol. The van der Waals surface area contributed by atoms with Crippen molar-refractivity contribution in [3.63, 3.8) is 0 Å². The first-order valence-corrected chi connectivity index (χ1v) is 7.16. The summed E-state index contributed by atoms with van der Waals surface area (Å²) >= 11 is 0. The summed E-state index contributed by atoms with van der Waals surface area (Å²) in [4.78, 5) is 0. The third-order valence-electron chi connectivity index (χ3n) is 4.79. The van der Waals surface area contributed by atoms with Crippen molar-refractivity contribution in [1.82, 2.24) is 5.43 Å². The van der Waals surface area contributed by atoms with Crippen LogP contribution in [0.3, 0.4) is 0 Å². The van der Waals surface area contributed by atoms with Crippen molar-refractivity contribution in [3.8, 4) is 0 Å². The van der Waals surface area contributed by atoms with E-state index in [4.69, 9.17) is 10.6 Å². The molecule has 0 radical (unpaired) electrons. The van der Waals surface area contributed by atoms with Crippen molar-refractivity contribution in [2.24, 2.45) is 23.1 Å². The van der Waals surface area contributed by atoms with Crippen LogP contribution in [-0.4, -0.2) is 19.3 Å². The number of nitrogens with two attached hydrogens (primary N) is 1. The maximum absolute atomic E-state index is 5.80. The molecule has 2 atom stereocenters. The van der Waals surface area contributed by atoms with Gasteiger partial charge in [-0.1, -0.05) is 13.8 Å². The summed E-state index contributed by atoms with van der Waals surface area (Å²) in [5, 5.41) is 0. The first kappa shape index (κ1) is 13.3. The molecular weight excluding hydrogens is 212 g/mol. The van der Waals surface area contributed by atoms with Crippen LogP contribution in [0, 0.1) is 17.3 Å². The summed E-state index contributed by atoms with van der Waals surface area (Å²) in [7, 11) is 0. The van der Waals surface area contributed by atoms with Crippen LogP contribution in [0.1, 0.15) is 52.4 Å². The Hall–Kier alpha value is -0.120. The van der Waals surface area contributed by atoms with Gasteiger partial charge in [-0.15, -0.1) is 0 Å². The Balaban J connectivity index is 1.89. The maximum Gasteiger partial charge on any atom is 0.0509 e. The molecular formula is C14H28N2O. The summed E-state index contributed by atoms with van der Waals surface area (Å²) < 4.78 is 5.60. The van der Waals surface area contributed by atoms with Gasteiger partial charge in [0.2, 0.25) is 0 Å². The summed E-state index contributed by atoms with van der Waals surface area (Å²) in [5.74, 6) is 7.17. The van der Waals surface area contributed by atoms with E-state index in [1.807, 2.05) is 0 Å². The van der Waals surface area contributed by atoms with E-state index in [2.05, 4.69) is 19.3 Å². The van der Waals surface area contributed by atoms with Gasteiger partial charge in [0.25, 0.3) is 0 Å². The highest BCUT2D eigenvalue weighted by atomic mass is 16.5. The molecule has 0 aromatic carbocycles. The third-order valence-corrected chi connectivity index (χ3v) is 4.79. The Morgan fingerprint density at radius 3 is 2.41 bits per heavy atom. The summed E-state index contributed by atoms with van der Waals surface area (Å²) in [6, 6.07) is 0.464. The smallest absolute Gasteiger partial charge is 0.0509 e. The van der Waals surface area contributed by atoms with Crippen LogP contribution >= 0.6 is 0 Å². The van der Waals surface area contributed by atoms with Crippen LogP contribution in [0.15, 0.2) is 0 Å². The Labute approximate surface area is 105 Å². The first-order valence-electron chi connectivity index (χ1n) is 7.16. The number of hydrogen-bond acceptors (Lipinski definition) is 3. The van der Waals surface area contributed by atoms with Crippen LogP contribution < -0.4 is 11.3 Å². The molecule has 3 nitrogen and oxygen atoms in total. The molecule has 1 aliphatic heterocycles. The van der Waals surface area contributed by atoms with Gasteiger partial charge in [0, 0.05) is 12.6 Å². The van der Waals surface area contributed by atoms with E-state index in [1.165, 1.54) is 38.5 Å². The summed E-state index contributed by atoms with van der Waals surface area (Å²) in [6.45, 7) is 6.61. The van der Waals surface area contributed by atoms with Crippen LogP contribution in [0.4, 0.5) is 0 Å². The highest BCUT2D eigenvalue weighted by Crippen LogP contribution is 2.40. The van der Waals surface area contributed by atoms with Crippen molar-refractivity contribution in [1.29, 1.82) is 0 Å². The van der Waals surface area contributed by atoms with E-state index >= 15 is 0 Å². The zero-order chi connectivity index (χ0) is 12.3. The number of ether oxygens (including phenoxy) is 1. The van der Waals surface area contributed by atoms with Gasteiger partial charge in [-0.05, 0) is 55.8 Å². The molecule has 1 saturated heterocycles. The molecule has 0 bridgehead atoms. The molecule has 3 N–H and O–H groups in total. The van der Waals surface area contributed by atoms with Crippen LogP contribution in [0.2, 0.25) is 0 Å². The van der Waals surface area contributed by atoms with E-state index in [-0.39, 0.29) is 0 Å². The molecule has 0 aromatic rings. The molecule has 1 aliphatic carbocycles. The molecule has 0 amide bonds. The monoisotopic (exact) mass is 240 g/mol. The van der Waals surface area contributed by atoms with Gasteiger partial charge < -0.3 is 4.74 Å². The van der Waals surface area contributed by atoms with Crippen molar-refractivity contribution < 1.29 is 4.74 Å². The average Bonchev–Trinajstić information content (AvgIpc) is 2.33. The Kier molecular flexibility index (Phi) is 4.45. The highest BCUT2D eigenvalue weighted by Gasteiger charge is 2.35. The van der Waals surface area contributed by atoms with Gasteiger partial charge in [0.15, 0.2) is 0 Å². The minimum absolute atomic E-state index is 0.464. The van der Waals surface area contributed by atoms with Crippen molar-refractivity contribution in [2.75, 3.05) is 13.2 Å². The normalized spacial score (nSPS) is 32.3. The SMILES string of the molecule is CC1(C)CCC(C(NN)C2CCCOC2)CC1. The van der Waals surface area contributed by atoms with E-state index in [0.29, 0.717) is 17.4 Å². The highest BCUT2D eigenvalue weighted by molar-refractivity contribution is 4.88. The maximum atomic E-state index is 5.80. The van der Waals surface area contributed by atoms with Gasteiger partial charge in [-0.25, -0.2) is 0 Å². The number of nitrogens with one attached hydrogen (secondary N) is 1. The quantitative estimate of drug-likeness (QED) is 0.588. The Bertz CT molecular complexity index is 226. The molecule has 100 valence electrons. The molecule has 0 aromatic heterocycles. The Morgan fingerprint density at radius 2 is 1.88 bits per heavy atom. The van der Waals surface area contributed by atoms with Crippen LogP contribution in [-0.2, 0) is 4.74 Å². The van der Waals surface area contributed by atoms with Gasteiger partial charge in [-0.2, -0.15) is 0 Å². The lowest BCUT2D eigenvalue weighted by Gasteiger charge is -2.41. The topological polar surface area (TPSA) is 47.3 Å². The second kappa shape index (κ2) is 5.68. The molecule has 2 aliphatic rings. The lowest BCUT2D eigenvalue weighted by Crippen LogP contribution is -2.49. The zero-order valence-corrected chi connectivity index (χ0v) is 11.4. The summed E-state index contributed by atoms with van der Waals surface area (Å²) in [6.07, 6.45) is 7.78. The predicted octanol–water partition coefficient (Wildman–Crippen LogP) is 2.46. The zero-order valence-electron chi connectivity index (χ0n) is 11.4. The molecule has 3 heteroatoms. The minimum Gasteiger partial charge on any atom is -0.381 e. The predicted molar refractivity (Wildman–Crippen MR) is 70.4 cm³/mol. The third kappa shape index (κ3) is 3.43. The van der Waals surface area contributed by atoms with E-state index in [0.717, 1.165) is 19.1 Å². The van der Waals surface area contributed by atoms with Crippen LogP contribution in [0.25, 0.3) is 0 Å². The molecule has 0 spiro atoms. The fourth-order valence-corrected chi connectivity index (χ4v) is 3.49. The first-order chi connectivity index (χ1) is 8.12. The second-order valence-electron chi connectivity index (χ2n) is 6.67. The molecule has 2 rings (SSSR count). The van der Waals surface area contributed by atoms with Gasteiger partial charge >= 0.3 is 0 Å². The minimum atomic E-state index is 0.464. The molecule has 2 fully saturated rings. The molecule has 17 heavy (non-hydrogen) atoms. The van der Waals surface area contributed by atoms with Crippen molar-refractivity contribution >= 4 is 0 Å². The van der Waals surface area contributed by atoms with E-state index in [9.17, 15) is 0 Å². The second-order valence-corrected chi connectivity index (χ2v) is 6.67. The molecule has 2 unspecified atom stereocenters. The molecule has 1 heterocycles. The number of hydrogen-bond donors (Lipinski definition) is 2. The number of rotatable bonds is 3. The number of hydrazine groups is 1.